The van der Waals surface area contributed by atoms with E-state index in [1.807, 2.05) is 49.4 Å². The van der Waals surface area contributed by atoms with E-state index in [4.69, 9.17) is 10.8 Å². The molecule has 3 amide bonds. The first-order chi connectivity index (χ1) is 28.5. The molecule has 0 spiro atoms. The minimum Gasteiger partial charge on any atom is -0.477 e. The fraction of sp³-hybridized carbons (Fsp3) is 0.442. The van der Waals surface area contributed by atoms with Crippen molar-refractivity contribution in [3.63, 3.8) is 0 Å². The Labute approximate surface area is 344 Å². The molecule has 2 heterocycles. The minimum absolute atomic E-state index is 0.103. The number of benzene rings is 3. The molecular weight excluding hydrogens is 785 g/mol. The van der Waals surface area contributed by atoms with Crippen LogP contribution in [-0.4, -0.2) is 94.1 Å². The summed E-state index contributed by atoms with van der Waals surface area (Å²) in [5.41, 5.74) is 10.4. The van der Waals surface area contributed by atoms with Gasteiger partial charge in [0.25, 0.3) is 5.91 Å². The van der Waals surface area contributed by atoms with Crippen LogP contribution in [0.2, 0.25) is 0 Å². The summed E-state index contributed by atoms with van der Waals surface area (Å²) in [6.07, 6.45) is 5.20. The lowest BCUT2D eigenvalue weighted by Crippen LogP contribution is -2.48. The Balaban J connectivity index is 1.13. The Kier molecular flexibility index (Phi) is 13.7. The average Bonchev–Trinajstić information content (AvgIpc) is 3.75. The fourth-order valence-electron chi connectivity index (χ4n) is 7.70. The molecule has 2 aliphatic rings. The normalized spacial score (nSPS) is 18.4. The van der Waals surface area contributed by atoms with Crippen LogP contribution in [0.5, 0.6) is 0 Å². The second-order valence-corrected chi connectivity index (χ2v) is 15.9. The van der Waals surface area contributed by atoms with E-state index in [0.29, 0.717) is 43.3 Å². The number of hydrogen-bond acceptors (Lipinski definition) is 8. The summed E-state index contributed by atoms with van der Waals surface area (Å²) in [4.78, 5) is 56.7. The van der Waals surface area contributed by atoms with Crippen molar-refractivity contribution in [2.75, 3.05) is 38.5 Å². The maximum Gasteiger partial charge on any atom is 0.411 e. The van der Waals surface area contributed by atoms with Gasteiger partial charge in [-0.15, -0.1) is 0 Å². The van der Waals surface area contributed by atoms with Crippen molar-refractivity contribution in [1.82, 2.24) is 30.7 Å². The number of aryl methyl sites for hydroxylation is 1. The smallest absolute Gasteiger partial charge is 0.411 e. The van der Waals surface area contributed by atoms with Crippen LogP contribution in [0.4, 0.5) is 23.2 Å². The molecule has 1 aliphatic carbocycles. The summed E-state index contributed by atoms with van der Waals surface area (Å²) in [5, 5.41) is 22.6. The number of nitrogens with zero attached hydrogens (tertiary/aromatic N) is 3. The number of halogens is 4. The van der Waals surface area contributed by atoms with Gasteiger partial charge in [-0.05, 0) is 143 Å². The number of aromatic amines is 1. The third kappa shape index (κ3) is 10.2. The quantitative estimate of drug-likeness (QED) is 0.0808. The predicted molar refractivity (Wildman–Crippen MR) is 216 cm³/mol. The van der Waals surface area contributed by atoms with Crippen molar-refractivity contribution < 1.29 is 41.8 Å². The van der Waals surface area contributed by atoms with Gasteiger partial charge in [-0.1, -0.05) is 30.3 Å². The Morgan fingerprint density at radius 1 is 0.900 bits per heavy atom. The molecule has 60 heavy (non-hydrogen) atoms. The maximum absolute atomic E-state index is 14.3. The number of carboxylic acid groups (broad SMARTS) is 1. The molecule has 6 rings (SSSR count). The van der Waals surface area contributed by atoms with Crippen LogP contribution in [0, 0.1) is 24.7 Å². The number of aliphatic carboxylic acids is 1. The number of nitrogens with two attached hydrogens (primary N) is 1. The molecule has 0 bridgehead atoms. The number of carbonyl (C=O) groups excluding carboxylic acids is 3. The van der Waals surface area contributed by atoms with Crippen LogP contribution in [0.1, 0.15) is 65.8 Å². The molecule has 1 aromatic heterocycles. The molecule has 2 fully saturated rings. The van der Waals surface area contributed by atoms with Crippen LogP contribution in [0.15, 0.2) is 66.7 Å². The van der Waals surface area contributed by atoms with E-state index in [9.17, 15) is 36.7 Å². The van der Waals surface area contributed by atoms with Crippen LogP contribution in [-0.2, 0) is 26.7 Å². The molecule has 1 aliphatic heterocycles. The van der Waals surface area contributed by atoms with Crippen molar-refractivity contribution in [1.29, 1.82) is 0 Å². The molecule has 1 atom stereocenters. The van der Waals surface area contributed by atoms with Crippen molar-refractivity contribution in [2.24, 2.45) is 23.5 Å². The lowest BCUT2D eigenvalue weighted by atomic mass is 9.81. The van der Waals surface area contributed by atoms with Gasteiger partial charge in [-0.2, -0.15) is 22.7 Å². The van der Waals surface area contributed by atoms with E-state index in [1.165, 1.54) is 24.3 Å². The largest absolute Gasteiger partial charge is 0.477 e. The number of carbonyl (C=O) groups is 4. The lowest BCUT2D eigenvalue weighted by Gasteiger charge is -2.28. The fourth-order valence-corrected chi connectivity index (χ4v) is 7.70. The van der Waals surface area contributed by atoms with E-state index in [1.54, 1.807) is 5.10 Å². The Bertz CT molecular complexity index is 2150. The minimum atomic E-state index is -5.44. The highest BCUT2D eigenvalue weighted by Crippen LogP contribution is 2.42. The zero-order valence-corrected chi connectivity index (χ0v) is 33.4. The van der Waals surface area contributed by atoms with E-state index < -0.39 is 41.4 Å². The number of alkyl halides is 4. The number of nitrogens with one attached hydrogen (secondary N) is 4. The Morgan fingerprint density at radius 3 is 2.17 bits per heavy atom. The Morgan fingerprint density at radius 2 is 1.55 bits per heavy atom. The number of piperidine rings is 1. The summed E-state index contributed by atoms with van der Waals surface area (Å²) < 4.78 is 55.9. The lowest BCUT2D eigenvalue weighted by molar-refractivity contribution is -0.231. The number of anilines is 1. The molecule has 0 unspecified atom stereocenters. The van der Waals surface area contributed by atoms with E-state index in [0.717, 1.165) is 61.0 Å². The number of likely N-dealkylation sites (tertiary alicyclic amines) is 1. The van der Waals surface area contributed by atoms with Crippen LogP contribution < -0.4 is 21.7 Å². The third-order valence-electron chi connectivity index (χ3n) is 11.6. The molecule has 4 aromatic rings. The molecule has 0 radical (unpaired) electrons. The standard InChI is InChI=1S/C43H50F4N8O5/c1-25-21-32(37(56)49-24-28-17-19-55(2)20-18-28)13-16-34(25)29-7-3-26(4-8-29)22-35(51-38(57)31-9-5-27(23-48)6-10-31)39(58)50-33-14-11-30(12-15-33)36-52-40(54-53-36)42(44,45)43(46,47)41(59)60/h3-4,7-8,11-16,21,27-28,31,35H,5-6,9-10,17-20,22-24,48H2,1-2H3,(H,49,56)(H,50,58)(H,51,57)(H,59,60)(H,52,53,54)/t27?,31?,35-/m0/s1. The van der Waals surface area contributed by atoms with Crippen molar-refractivity contribution in [3.8, 4) is 22.5 Å². The van der Waals surface area contributed by atoms with Gasteiger partial charge in [0.15, 0.2) is 5.82 Å². The van der Waals surface area contributed by atoms with Crippen LogP contribution >= 0.6 is 0 Å². The van der Waals surface area contributed by atoms with Crippen LogP contribution in [0.3, 0.4) is 0 Å². The molecule has 3 aromatic carbocycles. The molecule has 17 heteroatoms. The molecular formula is C43H50F4N8O5. The summed E-state index contributed by atoms with van der Waals surface area (Å²) in [7, 11) is 2.11. The van der Waals surface area contributed by atoms with Crippen LogP contribution in [0.25, 0.3) is 22.5 Å². The van der Waals surface area contributed by atoms with Gasteiger partial charge >= 0.3 is 17.8 Å². The first kappa shape index (κ1) is 43.9. The first-order valence-corrected chi connectivity index (χ1v) is 20.1. The number of H-pyrrole nitrogens is 1. The number of carboxylic acids is 1. The Hall–Kier alpha value is -5.68. The average molecular weight is 835 g/mol. The van der Waals surface area contributed by atoms with Gasteiger partial charge < -0.3 is 31.7 Å². The van der Waals surface area contributed by atoms with Gasteiger partial charge in [0.1, 0.15) is 6.04 Å². The van der Waals surface area contributed by atoms with Gasteiger partial charge in [-0.25, -0.2) is 9.78 Å². The second-order valence-electron chi connectivity index (χ2n) is 15.9. The van der Waals surface area contributed by atoms with Gasteiger partial charge in [-0.3, -0.25) is 19.5 Å². The topological polar surface area (TPSA) is 195 Å². The number of aromatic nitrogens is 3. The summed E-state index contributed by atoms with van der Waals surface area (Å²) in [5.74, 6) is -16.0. The zero-order chi connectivity index (χ0) is 43.2. The monoisotopic (exact) mass is 834 g/mol. The summed E-state index contributed by atoms with van der Waals surface area (Å²) >= 11 is 0. The second kappa shape index (κ2) is 18.7. The SMILES string of the molecule is Cc1cc(C(=O)NCC2CCN(C)CC2)ccc1-c1ccc(C[C@H](NC(=O)C2CCC(CN)CC2)C(=O)Nc2ccc(-c3n[nH]c(C(F)(F)C(F)(F)C(=O)O)n3)cc2)cc1. The highest BCUT2D eigenvalue weighted by molar-refractivity contribution is 5.98. The van der Waals surface area contributed by atoms with E-state index in [-0.39, 0.29) is 35.4 Å². The highest BCUT2D eigenvalue weighted by atomic mass is 19.3. The zero-order valence-electron chi connectivity index (χ0n) is 33.4. The number of hydrogen-bond donors (Lipinski definition) is 6. The molecule has 7 N–H and O–H groups in total. The molecule has 13 nitrogen and oxygen atoms in total. The van der Waals surface area contributed by atoms with Crippen molar-refractivity contribution in [3.05, 3.63) is 89.2 Å². The maximum atomic E-state index is 14.3. The van der Waals surface area contributed by atoms with E-state index >= 15 is 0 Å². The first-order valence-electron chi connectivity index (χ1n) is 20.1. The van der Waals surface area contributed by atoms with Crippen molar-refractivity contribution in [2.45, 2.75) is 69.8 Å². The van der Waals surface area contributed by atoms with E-state index in [2.05, 4.69) is 38.0 Å². The van der Waals surface area contributed by atoms with Gasteiger partial charge in [0.05, 0.1) is 0 Å². The highest BCUT2D eigenvalue weighted by Gasteiger charge is 2.65. The molecule has 320 valence electrons. The predicted octanol–water partition coefficient (Wildman–Crippen LogP) is 5.76. The third-order valence-corrected chi connectivity index (χ3v) is 11.6. The van der Waals surface area contributed by atoms with Gasteiger partial charge in [0.2, 0.25) is 17.6 Å². The summed E-state index contributed by atoms with van der Waals surface area (Å²) in [6, 6.07) is 17.8. The van der Waals surface area contributed by atoms with Gasteiger partial charge in [0, 0.05) is 35.7 Å². The molecule has 1 saturated heterocycles. The van der Waals surface area contributed by atoms with Crippen molar-refractivity contribution >= 4 is 29.4 Å². The molecule has 1 saturated carbocycles. The number of rotatable bonds is 15. The number of amides is 3. The summed E-state index contributed by atoms with van der Waals surface area (Å²) in [6.45, 7) is 5.21.